The zero-order valence-electron chi connectivity index (χ0n) is 13.2. The average Bonchev–Trinajstić information content (AvgIpc) is 2.93. The first kappa shape index (κ1) is 15.0. The summed E-state index contributed by atoms with van der Waals surface area (Å²) in [7, 11) is 2.07. The monoisotopic (exact) mass is 302 g/mol. The van der Waals surface area contributed by atoms with Gasteiger partial charge in [0.25, 0.3) is 0 Å². The van der Waals surface area contributed by atoms with Crippen molar-refractivity contribution in [3.63, 3.8) is 0 Å². The Balaban J connectivity index is 1.68. The topological polar surface area (TPSA) is 54.6 Å². The van der Waals surface area contributed by atoms with E-state index in [2.05, 4.69) is 51.3 Å². The lowest BCUT2D eigenvalue weighted by Crippen LogP contribution is -2.37. The number of para-hydroxylation sites is 1. The molecule has 0 aliphatic carbocycles. The molecule has 1 fully saturated rings. The van der Waals surface area contributed by atoms with Gasteiger partial charge in [0.1, 0.15) is 0 Å². The van der Waals surface area contributed by atoms with Crippen molar-refractivity contribution < 1.29 is 9.15 Å². The fourth-order valence-electron chi connectivity index (χ4n) is 2.74. The summed E-state index contributed by atoms with van der Waals surface area (Å²) in [4.78, 5) is 4.58. The fraction of sp³-hybridized carbons (Fsp3) is 0.500. The Morgan fingerprint density at radius 3 is 2.64 bits per heavy atom. The van der Waals surface area contributed by atoms with E-state index in [9.17, 15) is 0 Å². The van der Waals surface area contributed by atoms with Crippen molar-refractivity contribution in [3.8, 4) is 0 Å². The number of hydrogen-bond acceptors (Lipinski definition) is 6. The van der Waals surface area contributed by atoms with Crippen LogP contribution in [0.2, 0.25) is 0 Å². The average molecular weight is 302 g/mol. The van der Waals surface area contributed by atoms with Crippen molar-refractivity contribution in [2.45, 2.75) is 20.0 Å². The maximum atomic E-state index is 5.45. The van der Waals surface area contributed by atoms with E-state index in [1.54, 1.807) is 0 Å². The van der Waals surface area contributed by atoms with E-state index < -0.39 is 0 Å². The van der Waals surface area contributed by atoms with Crippen molar-refractivity contribution in [3.05, 3.63) is 41.6 Å². The molecule has 22 heavy (non-hydrogen) atoms. The van der Waals surface area contributed by atoms with Gasteiger partial charge in [-0.15, -0.1) is 10.2 Å². The van der Waals surface area contributed by atoms with Gasteiger partial charge in [0.05, 0.1) is 19.8 Å². The maximum Gasteiger partial charge on any atom is 0.230 e. The predicted octanol–water partition coefficient (Wildman–Crippen LogP) is 1.85. The first-order chi connectivity index (χ1) is 10.7. The van der Waals surface area contributed by atoms with Crippen molar-refractivity contribution in [2.24, 2.45) is 0 Å². The third-order valence-electron chi connectivity index (χ3n) is 3.76. The second-order valence-corrected chi connectivity index (χ2v) is 5.62. The molecule has 0 N–H and O–H groups in total. The highest BCUT2D eigenvalue weighted by Gasteiger charge is 2.16. The molecule has 1 aliphatic rings. The minimum Gasteiger partial charge on any atom is -0.424 e. The van der Waals surface area contributed by atoms with E-state index in [1.165, 1.54) is 11.3 Å². The number of ether oxygens (including phenoxy) is 1. The summed E-state index contributed by atoms with van der Waals surface area (Å²) in [5.74, 6) is 1.26. The number of hydrogen-bond donors (Lipinski definition) is 0. The van der Waals surface area contributed by atoms with Crippen molar-refractivity contribution in [2.75, 3.05) is 38.3 Å². The first-order valence-corrected chi connectivity index (χ1v) is 7.60. The van der Waals surface area contributed by atoms with Gasteiger partial charge >= 0.3 is 0 Å². The van der Waals surface area contributed by atoms with Gasteiger partial charge in [-0.1, -0.05) is 18.2 Å². The molecule has 0 bridgehead atoms. The van der Waals surface area contributed by atoms with Crippen LogP contribution in [0.4, 0.5) is 5.69 Å². The van der Waals surface area contributed by atoms with Crippen molar-refractivity contribution in [1.29, 1.82) is 0 Å². The molecule has 0 atom stereocenters. The quantitative estimate of drug-likeness (QED) is 0.840. The minimum absolute atomic E-state index is 0.608. The highest BCUT2D eigenvalue weighted by atomic mass is 16.5. The van der Waals surface area contributed by atoms with E-state index in [1.807, 2.05) is 6.92 Å². The molecule has 1 aromatic heterocycles. The molecule has 0 saturated carbocycles. The summed E-state index contributed by atoms with van der Waals surface area (Å²) in [5.41, 5.74) is 2.60. The van der Waals surface area contributed by atoms with Crippen LogP contribution in [0.25, 0.3) is 0 Å². The Labute approximate surface area is 130 Å². The molecule has 118 valence electrons. The fourth-order valence-corrected chi connectivity index (χ4v) is 2.74. The summed E-state index contributed by atoms with van der Waals surface area (Å²) in [6.07, 6.45) is 0. The van der Waals surface area contributed by atoms with Gasteiger partial charge in [-0.05, 0) is 18.7 Å². The molecule has 0 spiro atoms. The third-order valence-corrected chi connectivity index (χ3v) is 3.76. The molecular weight excluding hydrogens is 280 g/mol. The number of morpholine rings is 1. The lowest BCUT2D eigenvalue weighted by Gasteiger charge is -2.31. The molecule has 0 unspecified atom stereocenters. The zero-order valence-corrected chi connectivity index (χ0v) is 13.2. The molecule has 1 aromatic carbocycles. The van der Waals surface area contributed by atoms with Gasteiger partial charge in [0.15, 0.2) is 0 Å². The Morgan fingerprint density at radius 2 is 1.91 bits per heavy atom. The third kappa shape index (κ3) is 3.64. The van der Waals surface area contributed by atoms with Crippen LogP contribution >= 0.6 is 0 Å². The number of aryl methyl sites for hydroxylation is 1. The standard InChI is InChI=1S/C16H22N4O2/c1-13-17-18-16(22-13)12-19(2)11-14-5-3-4-6-15(14)20-7-9-21-10-8-20/h3-6H,7-12H2,1-2H3. The Kier molecular flexibility index (Phi) is 4.70. The summed E-state index contributed by atoms with van der Waals surface area (Å²) >= 11 is 0. The normalized spacial score (nSPS) is 15.5. The Bertz CT molecular complexity index is 608. The summed E-state index contributed by atoms with van der Waals surface area (Å²) in [5, 5.41) is 7.93. The molecule has 3 rings (SSSR count). The van der Waals surface area contributed by atoms with Crippen LogP contribution in [0, 0.1) is 6.92 Å². The Morgan fingerprint density at radius 1 is 1.14 bits per heavy atom. The van der Waals surface area contributed by atoms with Gasteiger partial charge in [-0.3, -0.25) is 4.90 Å². The van der Waals surface area contributed by atoms with Gasteiger partial charge < -0.3 is 14.1 Å². The molecule has 2 aromatic rings. The number of anilines is 1. The van der Waals surface area contributed by atoms with Crippen molar-refractivity contribution >= 4 is 5.69 Å². The smallest absolute Gasteiger partial charge is 0.230 e. The molecule has 0 amide bonds. The van der Waals surface area contributed by atoms with Gasteiger partial charge in [0.2, 0.25) is 11.8 Å². The van der Waals surface area contributed by atoms with Gasteiger partial charge in [-0.2, -0.15) is 0 Å². The number of rotatable bonds is 5. The zero-order chi connectivity index (χ0) is 15.4. The van der Waals surface area contributed by atoms with Crippen LogP contribution in [0.1, 0.15) is 17.3 Å². The van der Waals surface area contributed by atoms with Crippen LogP contribution < -0.4 is 4.90 Å². The van der Waals surface area contributed by atoms with E-state index in [0.717, 1.165) is 32.8 Å². The molecule has 6 nitrogen and oxygen atoms in total. The van der Waals surface area contributed by atoms with Crippen LogP contribution in [0.3, 0.4) is 0 Å². The van der Waals surface area contributed by atoms with Crippen LogP contribution in [0.5, 0.6) is 0 Å². The summed E-state index contributed by atoms with van der Waals surface area (Å²) < 4.78 is 10.9. The van der Waals surface area contributed by atoms with Crippen molar-refractivity contribution in [1.82, 2.24) is 15.1 Å². The number of aromatic nitrogens is 2. The largest absolute Gasteiger partial charge is 0.424 e. The lowest BCUT2D eigenvalue weighted by atomic mass is 10.1. The van der Waals surface area contributed by atoms with Gasteiger partial charge in [0, 0.05) is 32.2 Å². The van der Waals surface area contributed by atoms with E-state index >= 15 is 0 Å². The predicted molar refractivity (Wildman–Crippen MR) is 83.7 cm³/mol. The Hall–Kier alpha value is -1.92. The molecule has 6 heteroatoms. The molecule has 0 radical (unpaired) electrons. The highest BCUT2D eigenvalue weighted by Crippen LogP contribution is 2.23. The number of benzene rings is 1. The van der Waals surface area contributed by atoms with Crippen LogP contribution in [0.15, 0.2) is 28.7 Å². The van der Waals surface area contributed by atoms with E-state index in [0.29, 0.717) is 18.3 Å². The van der Waals surface area contributed by atoms with E-state index in [4.69, 9.17) is 9.15 Å². The second kappa shape index (κ2) is 6.89. The first-order valence-electron chi connectivity index (χ1n) is 7.60. The molecule has 1 aliphatic heterocycles. The highest BCUT2D eigenvalue weighted by molar-refractivity contribution is 5.53. The molecule has 1 saturated heterocycles. The second-order valence-electron chi connectivity index (χ2n) is 5.62. The SMILES string of the molecule is Cc1nnc(CN(C)Cc2ccccc2N2CCOCC2)o1. The number of nitrogens with zero attached hydrogens (tertiary/aromatic N) is 4. The van der Waals surface area contributed by atoms with E-state index in [-0.39, 0.29) is 0 Å². The van der Waals surface area contributed by atoms with Gasteiger partial charge in [-0.25, -0.2) is 0 Å². The molecular formula is C16H22N4O2. The summed E-state index contributed by atoms with van der Waals surface area (Å²) in [6.45, 7) is 6.79. The van der Waals surface area contributed by atoms with Crippen LogP contribution in [-0.2, 0) is 17.8 Å². The van der Waals surface area contributed by atoms with Crippen LogP contribution in [-0.4, -0.2) is 48.4 Å². The maximum absolute atomic E-state index is 5.45. The summed E-state index contributed by atoms with van der Waals surface area (Å²) in [6, 6.07) is 8.55. The minimum atomic E-state index is 0.608. The molecule has 2 heterocycles. The lowest BCUT2D eigenvalue weighted by molar-refractivity contribution is 0.122.